The van der Waals surface area contributed by atoms with E-state index in [0.29, 0.717) is 22.3 Å². The molecule has 0 aliphatic heterocycles. The van der Waals surface area contributed by atoms with E-state index in [9.17, 15) is 18.0 Å². The van der Waals surface area contributed by atoms with Crippen molar-refractivity contribution >= 4 is 22.1 Å². The highest BCUT2D eigenvalue weighted by atomic mass is 32.2. The summed E-state index contributed by atoms with van der Waals surface area (Å²) in [6, 6.07) is 12.8. The molecule has 0 aromatic heterocycles. The molecule has 27 heavy (non-hydrogen) atoms. The number of benzene rings is 2. The smallest absolute Gasteiger partial charge is 0.337 e. The van der Waals surface area contributed by atoms with Gasteiger partial charge in [-0.3, -0.25) is 0 Å². The van der Waals surface area contributed by atoms with Crippen molar-refractivity contribution in [2.24, 2.45) is 0 Å². The highest BCUT2D eigenvalue weighted by molar-refractivity contribution is 7.87. The maximum absolute atomic E-state index is 12.0. The van der Waals surface area contributed by atoms with E-state index in [1.54, 1.807) is 48.5 Å². The molecule has 0 bridgehead atoms. The van der Waals surface area contributed by atoms with Gasteiger partial charge in [-0.2, -0.15) is 17.9 Å². The molecule has 8 nitrogen and oxygen atoms in total. The summed E-state index contributed by atoms with van der Waals surface area (Å²) in [6.45, 7) is 0.135. The Hall–Kier alpha value is -2.75. The Morgan fingerprint density at radius 2 is 1.07 bits per heavy atom. The van der Waals surface area contributed by atoms with E-state index in [2.05, 4.69) is 18.9 Å². The van der Waals surface area contributed by atoms with Crippen LogP contribution in [0.4, 0.5) is 0 Å². The van der Waals surface area contributed by atoms with E-state index >= 15 is 0 Å². The molecule has 2 aromatic rings. The summed E-state index contributed by atoms with van der Waals surface area (Å²) >= 11 is 0. The summed E-state index contributed by atoms with van der Waals surface area (Å²) in [5.41, 5.74) is 2.15. The number of nitrogens with one attached hydrogen (secondary N) is 2. The molecule has 2 N–H and O–H groups in total. The topological polar surface area (TPSA) is 111 Å². The molecule has 0 atom stereocenters. The summed E-state index contributed by atoms with van der Waals surface area (Å²) in [4.78, 5) is 22.7. The second-order valence-electron chi connectivity index (χ2n) is 5.52. The fourth-order valence-electron chi connectivity index (χ4n) is 2.16. The fraction of sp³-hybridized carbons (Fsp3) is 0.222. The van der Waals surface area contributed by atoms with Crippen LogP contribution in [0.3, 0.4) is 0 Å². The molecular weight excluding hydrogens is 372 g/mol. The summed E-state index contributed by atoms with van der Waals surface area (Å²) in [6.07, 6.45) is 0. The second kappa shape index (κ2) is 9.26. The van der Waals surface area contributed by atoms with Gasteiger partial charge in [-0.1, -0.05) is 24.3 Å². The molecule has 144 valence electrons. The lowest BCUT2D eigenvalue weighted by Crippen LogP contribution is -2.35. The van der Waals surface area contributed by atoms with E-state index in [1.165, 1.54) is 14.2 Å². The Bertz CT molecular complexity index is 823. The number of esters is 2. The van der Waals surface area contributed by atoms with Crippen molar-refractivity contribution in [2.75, 3.05) is 14.2 Å². The number of hydrogen-bond donors (Lipinski definition) is 2. The lowest BCUT2D eigenvalue weighted by atomic mass is 10.1. The van der Waals surface area contributed by atoms with Crippen LogP contribution in [0.5, 0.6) is 0 Å². The van der Waals surface area contributed by atoms with Crippen LogP contribution in [0.25, 0.3) is 0 Å². The summed E-state index contributed by atoms with van der Waals surface area (Å²) in [7, 11) is -1.14. The number of carbonyl (C=O) groups excluding carboxylic acids is 2. The maximum atomic E-state index is 12.0. The van der Waals surface area contributed by atoms with Gasteiger partial charge < -0.3 is 9.47 Å². The van der Waals surface area contributed by atoms with Gasteiger partial charge in [0.1, 0.15) is 0 Å². The molecule has 0 radical (unpaired) electrons. The van der Waals surface area contributed by atoms with Crippen molar-refractivity contribution in [3.05, 3.63) is 70.8 Å². The number of carbonyl (C=O) groups is 2. The van der Waals surface area contributed by atoms with Crippen molar-refractivity contribution in [1.82, 2.24) is 9.44 Å². The van der Waals surface area contributed by atoms with Crippen LogP contribution in [0.1, 0.15) is 31.8 Å². The summed E-state index contributed by atoms with van der Waals surface area (Å²) < 4.78 is 38.1. The third-order valence-corrected chi connectivity index (χ3v) is 4.73. The number of methoxy groups -OCH3 is 2. The highest BCUT2D eigenvalue weighted by Crippen LogP contribution is 2.07. The van der Waals surface area contributed by atoms with E-state index in [4.69, 9.17) is 0 Å². The number of rotatable bonds is 8. The minimum atomic E-state index is -3.72. The third-order valence-electron chi connectivity index (χ3n) is 3.68. The molecule has 0 aliphatic carbocycles. The largest absolute Gasteiger partial charge is 0.465 e. The van der Waals surface area contributed by atoms with E-state index in [-0.39, 0.29) is 13.1 Å². The van der Waals surface area contributed by atoms with Crippen LogP contribution in [-0.4, -0.2) is 34.6 Å². The first-order chi connectivity index (χ1) is 12.8. The molecule has 0 unspecified atom stereocenters. The molecule has 0 saturated heterocycles. The van der Waals surface area contributed by atoms with Crippen LogP contribution in [0, 0.1) is 0 Å². The Kier molecular flexibility index (Phi) is 7.05. The second-order valence-corrected chi connectivity index (χ2v) is 7.11. The lowest BCUT2D eigenvalue weighted by Gasteiger charge is -2.09. The minimum Gasteiger partial charge on any atom is -0.465 e. The van der Waals surface area contributed by atoms with Gasteiger partial charge >= 0.3 is 11.9 Å². The van der Waals surface area contributed by atoms with E-state index < -0.39 is 22.1 Å². The molecule has 0 amide bonds. The normalized spacial score (nSPS) is 11.0. The van der Waals surface area contributed by atoms with Crippen molar-refractivity contribution < 1.29 is 27.5 Å². The van der Waals surface area contributed by atoms with Gasteiger partial charge in [0.15, 0.2) is 0 Å². The number of ether oxygens (including phenoxy) is 2. The van der Waals surface area contributed by atoms with Crippen LogP contribution < -0.4 is 9.44 Å². The van der Waals surface area contributed by atoms with Gasteiger partial charge in [0.2, 0.25) is 0 Å². The van der Waals surface area contributed by atoms with Gasteiger partial charge in [0, 0.05) is 13.1 Å². The zero-order chi connectivity index (χ0) is 19.9. The van der Waals surface area contributed by atoms with Crippen molar-refractivity contribution in [3.63, 3.8) is 0 Å². The first-order valence-corrected chi connectivity index (χ1v) is 9.41. The average Bonchev–Trinajstić information content (AvgIpc) is 2.70. The van der Waals surface area contributed by atoms with Crippen molar-refractivity contribution in [1.29, 1.82) is 0 Å². The standard InChI is InChI=1S/C18H20N2O6S/c1-25-17(21)15-7-3-13(4-8-15)11-19-27(23,24)20-12-14-5-9-16(10-6-14)18(22)26-2/h3-10,19-20H,11-12H2,1-2H3. The predicted molar refractivity (Wildman–Crippen MR) is 98.2 cm³/mol. The van der Waals surface area contributed by atoms with Crippen LogP contribution in [0.15, 0.2) is 48.5 Å². The summed E-state index contributed by atoms with van der Waals surface area (Å²) in [5.74, 6) is -0.913. The maximum Gasteiger partial charge on any atom is 0.337 e. The van der Waals surface area contributed by atoms with Gasteiger partial charge in [-0.05, 0) is 35.4 Å². The zero-order valence-electron chi connectivity index (χ0n) is 14.9. The molecular formula is C18H20N2O6S. The molecule has 0 fully saturated rings. The van der Waals surface area contributed by atoms with Gasteiger partial charge in [-0.25, -0.2) is 9.59 Å². The monoisotopic (exact) mass is 392 g/mol. The Labute approximate surface area is 157 Å². The Balaban J connectivity index is 1.87. The van der Waals surface area contributed by atoms with Gasteiger partial charge in [0.25, 0.3) is 10.2 Å². The first-order valence-electron chi connectivity index (χ1n) is 7.93. The number of hydrogen-bond acceptors (Lipinski definition) is 6. The molecule has 0 heterocycles. The molecule has 0 aliphatic rings. The fourth-order valence-corrected chi connectivity index (χ4v) is 2.98. The predicted octanol–water partition coefficient (Wildman–Crippen LogP) is 1.38. The van der Waals surface area contributed by atoms with Crippen LogP contribution >= 0.6 is 0 Å². The van der Waals surface area contributed by atoms with E-state index in [0.717, 1.165) is 0 Å². The summed E-state index contributed by atoms with van der Waals surface area (Å²) in [5, 5.41) is 0. The zero-order valence-corrected chi connectivity index (χ0v) is 15.7. The Morgan fingerprint density at radius 3 is 1.37 bits per heavy atom. The average molecular weight is 392 g/mol. The third kappa shape index (κ3) is 6.17. The van der Waals surface area contributed by atoms with Gasteiger partial charge in [-0.15, -0.1) is 0 Å². The van der Waals surface area contributed by atoms with E-state index in [1.807, 2.05) is 0 Å². The quantitative estimate of drug-likeness (QED) is 0.657. The van der Waals surface area contributed by atoms with Crippen LogP contribution in [0.2, 0.25) is 0 Å². The molecule has 2 aromatic carbocycles. The highest BCUT2D eigenvalue weighted by Gasteiger charge is 2.11. The molecule has 9 heteroatoms. The molecule has 2 rings (SSSR count). The van der Waals surface area contributed by atoms with Gasteiger partial charge in [0.05, 0.1) is 25.3 Å². The minimum absolute atomic E-state index is 0.0675. The molecule has 0 spiro atoms. The first kappa shape index (κ1) is 20.6. The lowest BCUT2D eigenvalue weighted by molar-refractivity contribution is 0.0592. The van der Waals surface area contributed by atoms with Crippen LogP contribution in [-0.2, 0) is 32.8 Å². The SMILES string of the molecule is COC(=O)c1ccc(CNS(=O)(=O)NCc2ccc(C(=O)OC)cc2)cc1. The molecule has 0 saturated carbocycles. The Morgan fingerprint density at radius 1 is 0.741 bits per heavy atom. The van der Waals surface area contributed by atoms with Crippen molar-refractivity contribution in [3.8, 4) is 0 Å². The van der Waals surface area contributed by atoms with Crippen molar-refractivity contribution in [2.45, 2.75) is 13.1 Å².